The van der Waals surface area contributed by atoms with Crippen LogP contribution in [0, 0.1) is 3.57 Å². The van der Waals surface area contributed by atoms with Crippen LogP contribution < -0.4 is 14.8 Å². The van der Waals surface area contributed by atoms with E-state index in [0.717, 1.165) is 23.7 Å². The fourth-order valence-corrected chi connectivity index (χ4v) is 2.08. The largest absolute Gasteiger partial charge is 0.497 e. The smallest absolute Gasteiger partial charge is 0.124 e. The van der Waals surface area contributed by atoms with Gasteiger partial charge in [-0.15, -0.1) is 0 Å². The topological polar surface area (TPSA) is 30.5 Å². The van der Waals surface area contributed by atoms with E-state index in [4.69, 9.17) is 9.47 Å². The van der Waals surface area contributed by atoms with Crippen LogP contribution in [-0.4, -0.2) is 14.2 Å². The summed E-state index contributed by atoms with van der Waals surface area (Å²) in [7, 11) is 3.30. The standard InChI is InChI=1S/C15H16INO2/c1-18-14-7-13(8-15(9-14)19-2)17-10-11-3-5-12(16)6-4-11/h3-9,17H,10H2,1-2H3. The second kappa shape index (κ2) is 6.65. The van der Waals surface area contributed by atoms with Crippen LogP contribution in [0.4, 0.5) is 5.69 Å². The maximum Gasteiger partial charge on any atom is 0.124 e. The average molecular weight is 369 g/mol. The van der Waals surface area contributed by atoms with Crippen LogP contribution in [0.3, 0.4) is 0 Å². The van der Waals surface area contributed by atoms with E-state index in [1.807, 2.05) is 18.2 Å². The third-order valence-electron chi connectivity index (χ3n) is 2.76. The first-order valence-electron chi connectivity index (χ1n) is 5.92. The minimum absolute atomic E-state index is 0.771. The summed E-state index contributed by atoms with van der Waals surface area (Å²) in [4.78, 5) is 0. The van der Waals surface area contributed by atoms with Crippen molar-refractivity contribution in [3.8, 4) is 11.5 Å². The van der Waals surface area contributed by atoms with Crippen LogP contribution in [0.1, 0.15) is 5.56 Å². The zero-order valence-corrected chi connectivity index (χ0v) is 13.1. The van der Waals surface area contributed by atoms with Gasteiger partial charge in [0.15, 0.2) is 0 Å². The highest BCUT2D eigenvalue weighted by atomic mass is 127. The average Bonchev–Trinajstić information content (AvgIpc) is 2.46. The molecule has 0 aliphatic rings. The zero-order chi connectivity index (χ0) is 13.7. The molecule has 1 N–H and O–H groups in total. The lowest BCUT2D eigenvalue weighted by Gasteiger charge is -2.10. The predicted molar refractivity (Wildman–Crippen MR) is 86.0 cm³/mol. The summed E-state index contributed by atoms with van der Waals surface area (Å²) in [6.45, 7) is 0.771. The number of rotatable bonds is 5. The molecule has 0 amide bonds. The van der Waals surface area contributed by atoms with Gasteiger partial charge in [-0.1, -0.05) is 12.1 Å². The van der Waals surface area contributed by atoms with Crippen molar-refractivity contribution in [2.75, 3.05) is 19.5 Å². The molecule has 0 saturated carbocycles. The van der Waals surface area contributed by atoms with Crippen LogP contribution >= 0.6 is 22.6 Å². The molecule has 0 spiro atoms. The third kappa shape index (κ3) is 4.02. The Morgan fingerprint density at radius 2 is 1.53 bits per heavy atom. The van der Waals surface area contributed by atoms with Gasteiger partial charge >= 0.3 is 0 Å². The molecule has 0 aliphatic heterocycles. The quantitative estimate of drug-likeness (QED) is 0.811. The molecule has 0 bridgehead atoms. The molecular weight excluding hydrogens is 353 g/mol. The lowest BCUT2D eigenvalue weighted by molar-refractivity contribution is 0.394. The summed E-state index contributed by atoms with van der Waals surface area (Å²) in [6.07, 6.45) is 0. The van der Waals surface area contributed by atoms with E-state index in [2.05, 4.69) is 52.2 Å². The molecule has 0 unspecified atom stereocenters. The summed E-state index contributed by atoms with van der Waals surface area (Å²) >= 11 is 2.30. The van der Waals surface area contributed by atoms with Crippen molar-refractivity contribution in [3.05, 3.63) is 51.6 Å². The summed E-state index contributed by atoms with van der Waals surface area (Å²) < 4.78 is 11.7. The molecule has 2 rings (SSSR count). The molecule has 0 radical (unpaired) electrons. The van der Waals surface area contributed by atoms with Crippen molar-refractivity contribution >= 4 is 28.3 Å². The second-order valence-corrected chi connectivity index (χ2v) is 5.33. The number of nitrogens with one attached hydrogen (secondary N) is 1. The van der Waals surface area contributed by atoms with Crippen LogP contribution in [0.2, 0.25) is 0 Å². The molecule has 19 heavy (non-hydrogen) atoms. The van der Waals surface area contributed by atoms with Crippen molar-refractivity contribution in [3.63, 3.8) is 0 Å². The Labute approximate surface area is 127 Å². The van der Waals surface area contributed by atoms with Crippen LogP contribution in [0.5, 0.6) is 11.5 Å². The Hall–Kier alpha value is -1.43. The van der Waals surface area contributed by atoms with Crippen molar-refractivity contribution in [2.45, 2.75) is 6.54 Å². The van der Waals surface area contributed by atoms with Gasteiger partial charge in [-0.05, 0) is 40.3 Å². The summed E-state index contributed by atoms with van der Waals surface area (Å²) in [5.41, 5.74) is 2.22. The van der Waals surface area contributed by atoms with Crippen molar-refractivity contribution in [2.24, 2.45) is 0 Å². The molecule has 3 nitrogen and oxygen atoms in total. The Morgan fingerprint density at radius 1 is 0.947 bits per heavy atom. The van der Waals surface area contributed by atoms with E-state index in [-0.39, 0.29) is 0 Å². The first kappa shape index (κ1) is 14.0. The van der Waals surface area contributed by atoms with E-state index in [1.165, 1.54) is 9.13 Å². The fraction of sp³-hybridized carbons (Fsp3) is 0.200. The van der Waals surface area contributed by atoms with Crippen LogP contribution in [0.25, 0.3) is 0 Å². The number of ether oxygens (including phenoxy) is 2. The van der Waals surface area contributed by atoms with Crippen LogP contribution in [0.15, 0.2) is 42.5 Å². The van der Waals surface area contributed by atoms with Gasteiger partial charge in [0.2, 0.25) is 0 Å². The van der Waals surface area contributed by atoms with Gasteiger partial charge in [0.1, 0.15) is 11.5 Å². The molecule has 0 heterocycles. The molecule has 0 aliphatic carbocycles. The number of benzene rings is 2. The van der Waals surface area contributed by atoms with Gasteiger partial charge in [-0.3, -0.25) is 0 Å². The summed E-state index contributed by atoms with van der Waals surface area (Å²) in [5, 5.41) is 3.37. The Balaban J connectivity index is 2.08. The zero-order valence-electron chi connectivity index (χ0n) is 10.9. The van der Waals surface area contributed by atoms with Gasteiger partial charge in [0.05, 0.1) is 14.2 Å². The van der Waals surface area contributed by atoms with Crippen molar-refractivity contribution < 1.29 is 9.47 Å². The predicted octanol–water partition coefficient (Wildman–Crippen LogP) is 3.92. The second-order valence-electron chi connectivity index (χ2n) is 4.08. The lowest BCUT2D eigenvalue weighted by Crippen LogP contribution is -2.00. The minimum atomic E-state index is 0.771. The minimum Gasteiger partial charge on any atom is -0.497 e. The van der Waals surface area contributed by atoms with E-state index >= 15 is 0 Å². The highest BCUT2D eigenvalue weighted by molar-refractivity contribution is 14.1. The number of anilines is 1. The number of hydrogen-bond acceptors (Lipinski definition) is 3. The van der Waals surface area contributed by atoms with Crippen molar-refractivity contribution in [1.82, 2.24) is 0 Å². The molecule has 0 aromatic heterocycles. The Morgan fingerprint density at radius 3 is 2.05 bits per heavy atom. The first-order valence-corrected chi connectivity index (χ1v) is 7.00. The monoisotopic (exact) mass is 369 g/mol. The van der Waals surface area contributed by atoms with Gasteiger partial charge < -0.3 is 14.8 Å². The van der Waals surface area contributed by atoms with E-state index in [1.54, 1.807) is 14.2 Å². The van der Waals surface area contributed by atoms with Crippen LogP contribution in [-0.2, 0) is 6.54 Å². The lowest BCUT2D eigenvalue weighted by atomic mass is 10.2. The number of halogens is 1. The highest BCUT2D eigenvalue weighted by Gasteiger charge is 2.01. The molecule has 0 fully saturated rings. The third-order valence-corrected chi connectivity index (χ3v) is 3.48. The number of methoxy groups -OCH3 is 2. The molecule has 0 atom stereocenters. The summed E-state index contributed by atoms with van der Waals surface area (Å²) in [5.74, 6) is 1.56. The van der Waals surface area contributed by atoms with Gasteiger partial charge in [-0.25, -0.2) is 0 Å². The van der Waals surface area contributed by atoms with E-state index in [9.17, 15) is 0 Å². The molecule has 0 saturated heterocycles. The van der Waals surface area contributed by atoms with E-state index < -0.39 is 0 Å². The molecule has 4 heteroatoms. The Bertz CT molecular complexity index is 518. The maximum atomic E-state index is 5.24. The highest BCUT2D eigenvalue weighted by Crippen LogP contribution is 2.26. The normalized spacial score (nSPS) is 10.1. The fourth-order valence-electron chi connectivity index (χ4n) is 1.72. The van der Waals surface area contributed by atoms with Gasteiger partial charge in [0.25, 0.3) is 0 Å². The molecular formula is C15H16INO2. The maximum absolute atomic E-state index is 5.24. The molecule has 100 valence electrons. The van der Waals surface area contributed by atoms with Gasteiger partial charge in [0, 0.05) is 34.0 Å². The number of hydrogen-bond donors (Lipinski definition) is 1. The van der Waals surface area contributed by atoms with Crippen molar-refractivity contribution in [1.29, 1.82) is 0 Å². The van der Waals surface area contributed by atoms with Gasteiger partial charge in [-0.2, -0.15) is 0 Å². The summed E-state index contributed by atoms with van der Waals surface area (Å²) in [6, 6.07) is 14.2. The Kier molecular flexibility index (Phi) is 4.90. The first-order chi connectivity index (χ1) is 9.21. The molecule has 2 aromatic rings. The van der Waals surface area contributed by atoms with E-state index in [0.29, 0.717) is 0 Å². The molecule has 2 aromatic carbocycles. The SMILES string of the molecule is COc1cc(NCc2ccc(I)cc2)cc(OC)c1.